The van der Waals surface area contributed by atoms with Gasteiger partial charge in [-0.15, -0.1) is 0 Å². The van der Waals surface area contributed by atoms with E-state index in [1.165, 1.54) is 0 Å². The number of rotatable bonds is 6. The topological polar surface area (TPSA) is 76.7 Å². The highest BCUT2D eigenvalue weighted by atomic mass is 35.5. The van der Waals surface area contributed by atoms with E-state index < -0.39 is 17.9 Å². The van der Waals surface area contributed by atoms with E-state index >= 15 is 0 Å². The van der Waals surface area contributed by atoms with Gasteiger partial charge in [-0.05, 0) is 81.1 Å². The van der Waals surface area contributed by atoms with Crippen molar-refractivity contribution in [2.45, 2.75) is 40.7 Å². The molecule has 7 heteroatoms. The molecule has 0 aliphatic carbocycles. The summed E-state index contributed by atoms with van der Waals surface area (Å²) < 4.78 is 11.0. The maximum atomic E-state index is 12.1. The molecule has 0 saturated heterocycles. The van der Waals surface area contributed by atoms with Crippen molar-refractivity contribution in [1.29, 1.82) is 0 Å². The average Bonchev–Trinajstić information content (AvgIpc) is 2.65. The number of hydrogen-bond acceptors (Lipinski definition) is 4. The molecule has 0 heterocycles. The molecule has 2 amide bonds. The summed E-state index contributed by atoms with van der Waals surface area (Å²) in [7, 11) is 0. The number of benzene rings is 2. The Balaban J connectivity index is 1.79. The van der Waals surface area contributed by atoms with Crippen LogP contribution in [0.15, 0.2) is 30.3 Å². The molecular formula is C21H25ClN2O4. The zero-order chi connectivity index (χ0) is 20.8. The van der Waals surface area contributed by atoms with Gasteiger partial charge in [0.2, 0.25) is 0 Å². The normalized spacial score (nSPS) is 11.5. The van der Waals surface area contributed by atoms with Crippen LogP contribution in [0.2, 0.25) is 5.02 Å². The third kappa shape index (κ3) is 5.89. The van der Waals surface area contributed by atoms with E-state index in [0.717, 1.165) is 22.3 Å². The number of carbonyl (C=O) groups excluding carboxylic acids is 2. The summed E-state index contributed by atoms with van der Waals surface area (Å²) in [6.07, 6.45) is -0.773. The van der Waals surface area contributed by atoms with Crippen molar-refractivity contribution >= 4 is 23.4 Å². The summed E-state index contributed by atoms with van der Waals surface area (Å²) in [6, 6.07) is 9.09. The minimum atomic E-state index is -0.773. The number of hydrogen-bond donors (Lipinski definition) is 2. The zero-order valence-corrected chi connectivity index (χ0v) is 17.4. The molecule has 150 valence electrons. The molecule has 0 bridgehead atoms. The Labute approximate surface area is 170 Å². The second kappa shape index (κ2) is 9.46. The van der Waals surface area contributed by atoms with Gasteiger partial charge in [-0.25, -0.2) is 0 Å². The van der Waals surface area contributed by atoms with Gasteiger partial charge in [0.05, 0.1) is 0 Å². The Morgan fingerprint density at radius 1 is 0.929 bits per heavy atom. The second-order valence-corrected chi connectivity index (χ2v) is 7.08. The van der Waals surface area contributed by atoms with Gasteiger partial charge in [-0.1, -0.05) is 17.7 Å². The minimum Gasteiger partial charge on any atom is -0.484 e. The molecular weight excluding hydrogens is 380 g/mol. The summed E-state index contributed by atoms with van der Waals surface area (Å²) in [5.74, 6) is 0.169. The molecule has 0 saturated carbocycles. The van der Waals surface area contributed by atoms with E-state index in [0.29, 0.717) is 16.5 Å². The lowest BCUT2D eigenvalue weighted by Crippen LogP contribution is -2.48. The van der Waals surface area contributed by atoms with Crippen LogP contribution in [0.4, 0.5) is 0 Å². The van der Waals surface area contributed by atoms with Crippen LogP contribution in [-0.4, -0.2) is 24.5 Å². The Morgan fingerprint density at radius 2 is 1.54 bits per heavy atom. The van der Waals surface area contributed by atoms with Crippen LogP contribution in [0, 0.1) is 27.7 Å². The van der Waals surface area contributed by atoms with Gasteiger partial charge >= 0.3 is 0 Å². The van der Waals surface area contributed by atoms with Crippen LogP contribution in [-0.2, 0) is 9.59 Å². The molecule has 2 aromatic rings. The highest BCUT2D eigenvalue weighted by Gasteiger charge is 2.16. The molecule has 28 heavy (non-hydrogen) atoms. The molecule has 1 unspecified atom stereocenters. The van der Waals surface area contributed by atoms with Crippen molar-refractivity contribution in [2.75, 3.05) is 6.61 Å². The van der Waals surface area contributed by atoms with Gasteiger partial charge in [0.15, 0.2) is 12.7 Å². The van der Waals surface area contributed by atoms with Gasteiger partial charge in [0.25, 0.3) is 11.8 Å². The number of amides is 2. The molecule has 2 aromatic carbocycles. The van der Waals surface area contributed by atoms with Crippen molar-refractivity contribution in [3.63, 3.8) is 0 Å². The lowest BCUT2D eigenvalue weighted by Gasteiger charge is -2.16. The van der Waals surface area contributed by atoms with E-state index in [1.807, 2.05) is 39.8 Å². The Morgan fingerprint density at radius 3 is 2.14 bits per heavy atom. The first-order valence-electron chi connectivity index (χ1n) is 8.89. The number of carbonyl (C=O) groups is 2. The van der Waals surface area contributed by atoms with E-state index in [4.69, 9.17) is 21.1 Å². The van der Waals surface area contributed by atoms with Gasteiger partial charge < -0.3 is 9.47 Å². The minimum absolute atomic E-state index is 0.243. The molecule has 2 N–H and O–H groups in total. The van der Waals surface area contributed by atoms with E-state index in [-0.39, 0.29) is 6.61 Å². The third-order valence-corrected chi connectivity index (χ3v) is 4.86. The predicted molar refractivity (Wildman–Crippen MR) is 109 cm³/mol. The van der Waals surface area contributed by atoms with Crippen LogP contribution in [0.1, 0.15) is 29.2 Å². The standard InChI is InChI=1S/C21H25ClN2O4/c1-12-6-7-17(8-13(12)2)28-16(5)21(26)24-23-19(25)11-27-18-9-14(3)20(22)15(4)10-18/h6-10,16H,11H2,1-5H3,(H,23,25)(H,24,26). The number of ether oxygens (including phenoxy) is 2. The number of aryl methyl sites for hydroxylation is 4. The van der Waals surface area contributed by atoms with Crippen LogP contribution < -0.4 is 20.3 Å². The van der Waals surface area contributed by atoms with E-state index in [2.05, 4.69) is 10.9 Å². The summed E-state index contributed by atoms with van der Waals surface area (Å²) >= 11 is 6.11. The molecule has 1 atom stereocenters. The molecule has 0 spiro atoms. The first-order chi connectivity index (χ1) is 13.2. The molecule has 2 rings (SSSR count). The van der Waals surface area contributed by atoms with Crippen molar-refractivity contribution in [3.05, 3.63) is 57.6 Å². The van der Waals surface area contributed by atoms with Gasteiger partial charge in [-0.2, -0.15) is 0 Å². The maximum Gasteiger partial charge on any atom is 0.279 e. The molecule has 0 aliphatic rings. The van der Waals surface area contributed by atoms with Crippen molar-refractivity contribution in [1.82, 2.24) is 10.9 Å². The fourth-order valence-electron chi connectivity index (χ4n) is 2.45. The smallest absolute Gasteiger partial charge is 0.279 e. The summed E-state index contributed by atoms with van der Waals surface area (Å²) in [5.41, 5.74) is 8.58. The average molecular weight is 405 g/mol. The summed E-state index contributed by atoms with van der Waals surface area (Å²) in [5, 5.41) is 0.668. The summed E-state index contributed by atoms with van der Waals surface area (Å²) in [4.78, 5) is 24.0. The van der Waals surface area contributed by atoms with Crippen molar-refractivity contribution < 1.29 is 19.1 Å². The van der Waals surface area contributed by atoms with Crippen LogP contribution in [0.3, 0.4) is 0 Å². The third-order valence-electron chi connectivity index (χ3n) is 4.27. The molecule has 0 radical (unpaired) electrons. The largest absolute Gasteiger partial charge is 0.484 e. The zero-order valence-electron chi connectivity index (χ0n) is 16.7. The summed E-state index contributed by atoms with van der Waals surface area (Å²) in [6.45, 7) is 9.05. The highest BCUT2D eigenvalue weighted by molar-refractivity contribution is 6.32. The van der Waals surface area contributed by atoms with Crippen LogP contribution in [0.5, 0.6) is 11.5 Å². The number of nitrogens with one attached hydrogen (secondary N) is 2. The fraction of sp³-hybridized carbons (Fsp3) is 0.333. The van der Waals surface area contributed by atoms with Gasteiger partial charge in [0.1, 0.15) is 11.5 Å². The SMILES string of the molecule is Cc1ccc(OC(C)C(=O)NNC(=O)COc2cc(C)c(Cl)c(C)c2)cc1C. The van der Waals surface area contributed by atoms with Gasteiger partial charge in [0, 0.05) is 5.02 Å². The Bertz CT molecular complexity index is 860. The van der Waals surface area contributed by atoms with Gasteiger partial charge in [-0.3, -0.25) is 20.4 Å². The molecule has 6 nitrogen and oxygen atoms in total. The van der Waals surface area contributed by atoms with Crippen molar-refractivity contribution in [3.8, 4) is 11.5 Å². The first kappa shape index (κ1) is 21.6. The molecule has 0 aliphatic heterocycles. The lowest BCUT2D eigenvalue weighted by atomic mass is 10.1. The van der Waals surface area contributed by atoms with E-state index in [9.17, 15) is 9.59 Å². The predicted octanol–water partition coefficient (Wildman–Crippen LogP) is 3.57. The van der Waals surface area contributed by atoms with Crippen LogP contribution >= 0.6 is 11.6 Å². The first-order valence-corrected chi connectivity index (χ1v) is 9.27. The number of hydrazine groups is 1. The van der Waals surface area contributed by atoms with Crippen molar-refractivity contribution in [2.24, 2.45) is 0 Å². The highest BCUT2D eigenvalue weighted by Crippen LogP contribution is 2.25. The fourth-order valence-corrected chi connectivity index (χ4v) is 2.56. The van der Waals surface area contributed by atoms with E-state index in [1.54, 1.807) is 25.1 Å². The lowest BCUT2D eigenvalue weighted by molar-refractivity contribution is -0.133. The molecule has 0 fully saturated rings. The Hall–Kier alpha value is -2.73. The second-order valence-electron chi connectivity index (χ2n) is 6.70. The monoisotopic (exact) mass is 404 g/mol. The Kier molecular flexibility index (Phi) is 7.29. The quantitative estimate of drug-likeness (QED) is 0.721. The molecule has 0 aromatic heterocycles. The number of halogens is 1. The maximum absolute atomic E-state index is 12.1. The van der Waals surface area contributed by atoms with Crippen LogP contribution in [0.25, 0.3) is 0 Å².